The van der Waals surface area contributed by atoms with Crippen LogP contribution in [0, 0.1) is 5.82 Å². The maximum atomic E-state index is 12.5. The van der Waals surface area contributed by atoms with Gasteiger partial charge in [0.2, 0.25) is 5.91 Å². The molecule has 1 heterocycles. The van der Waals surface area contributed by atoms with Crippen LogP contribution in [0.5, 0.6) is 0 Å². The zero-order valence-corrected chi connectivity index (χ0v) is 8.18. The number of nitrogens with one attached hydrogen (secondary N) is 1. The summed E-state index contributed by atoms with van der Waals surface area (Å²) in [6.07, 6.45) is 0.450. The van der Waals surface area contributed by atoms with Crippen molar-refractivity contribution >= 4 is 17.7 Å². The summed E-state index contributed by atoms with van der Waals surface area (Å²) in [4.78, 5) is 25.2. The van der Waals surface area contributed by atoms with Crippen LogP contribution in [-0.4, -0.2) is 28.0 Å². The SMILES string of the molecule is NC(CC(=O)O)C(=O)Nc1ccc(F)cn1. The number of amides is 1. The molecule has 0 aromatic carbocycles. The minimum Gasteiger partial charge on any atom is -0.481 e. The number of hydrogen-bond acceptors (Lipinski definition) is 4. The molecule has 0 spiro atoms. The first-order chi connectivity index (χ1) is 7.49. The van der Waals surface area contributed by atoms with E-state index in [-0.39, 0.29) is 5.82 Å². The summed E-state index contributed by atoms with van der Waals surface area (Å²) in [6.45, 7) is 0. The highest BCUT2D eigenvalue weighted by molar-refractivity contribution is 5.95. The Morgan fingerprint density at radius 1 is 1.56 bits per heavy atom. The molecule has 0 radical (unpaired) electrons. The van der Waals surface area contributed by atoms with Crippen molar-refractivity contribution in [3.63, 3.8) is 0 Å². The molecule has 1 atom stereocenters. The molecule has 86 valence electrons. The van der Waals surface area contributed by atoms with E-state index in [0.29, 0.717) is 0 Å². The van der Waals surface area contributed by atoms with Gasteiger partial charge in [0.1, 0.15) is 11.6 Å². The first kappa shape index (κ1) is 12.1. The lowest BCUT2D eigenvalue weighted by molar-refractivity contribution is -0.138. The number of aliphatic carboxylic acids is 1. The van der Waals surface area contributed by atoms with Gasteiger partial charge < -0.3 is 16.2 Å². The number of nitrogens with two attached hydrogens (primary N) is 1. The van der Waals surface area contributed by atoms with E-state index in [1.165, 1.54) is 6.07 Å². The Labute approximate surface area is 90.3 Å². The zero-order valence-electron chi connectivity index (χ0n) is 8.18. The first-order valence-corrected chi connectivity index (χ1v) is 4.39. The predicted molar refractivity (Wildman–Crippen MR) is 53.1 cm³/mol. The van der Waals surface area contributed by atoms with Gasteiger partial charge in [-0.25, -0.2) is 9.37 Å². The number of carboxylic acids is 1. The smallest absolute Gasteiger partial charge is 0.305 e. The summed E-state index contributed by atoms with van der Waals surface area (Å²) >= 11 is 0. The molecule has 0 aliphatic heterocycles. The van der Waals surface area contributed by atoms with Crippen molar-refractivity contribution in [3.05, 3.63) is 24.1 Å². The number of nitrogens with zero attached hydrogens (tertiary/aromatic N) is 1. The maximum absolute atomic E-state index is 12.5. The molecule has 0 aliphatic carbocycles. The number of halogens is 1. The lowest BCUT2D eigenvalue weighted by Gasteiger charge is -2.09. The summed E-state index contributed by atoms with van der Waals surface area (Å²) in [5.74, 6) is -2.27. The van der Waals surface area contributed by atoms with Gasteiger partial charge in [0.05, 0.1) is 18.7 Å². The van der Waals surface area contributed by atoms with Crippen molar-refractivity contribution < 1.29 is 19.1 Å². The third-order valence-electron chi connectivity index (χ3n) is 1.71. The van der Waals surface area contributed by atoms with Crippen molar-refractivity contribution in [2.75, 3.05) is 5.32 Å². The molecular formula is C9H10FN3O3. The number of carbonyl (C=O) groups is 2. The van der Waals surface area contributed by atoms with Crippen LogP contribution in [0.25, 0.3) is 0 Å². The van der Waals surface area contributed by atoms with E-state index >= 15 is 0 Å². The molecule has 0 saturated heterocycles. The Morgan fingerprint density at radius 3 is 2.75 bits per heavy atom. The van der Waals surface area contributed by atoms with Crippen molar-refractivity contribution in [2.45, 2.75) is 12.5 Å². The van der Waals surface area contributed by atoms with Gasteiger partial charge in [0, 0.05) is 0 Å². The average Bonchev–Trinajstić information content (AvgIpc) is 2.20. The number of pyridine rings is 1. The van der Waals surface area contributed by atoms with Gasteiger partial charge >= 0.3 is 5.97 Å². The number of hydrogen-bond donors (Lipinski definition) is 3. The first-order valence-electron chi connectivity index (χ1n) is 4.39. The van der Waals surface area contributed by atoms with Crippen molar-refractivity contribution in [1.82, 2.24) is 4.98 Å². The fourth-order valence-corrected chi connectivity index (χ4v) is 0.950. The van der Waals surface area contributed by atoms with Crippen LogP contribution in [-0.2, 0) is 9.59 Å². The van der Waals surface area contributed by atoms with E-state index in [9.17, 15) is 14.0 Å². The van der Waals surface area contributed by atoms with Crippen LogP contribution in [0.3, 0.4) is 0 Å². The standard InChI is InChI=1S/C9H10FN3O3/c10-5-1-2-7(12-4-5)13-9(16)6(11)3-8(14)15/h1-2,4,6H,3,11H2,(H,14,15)(H,12,13,16). The Kier molecular flexibility index (Phi) is 3.90. The van der Waals surface area contributed by atoms with Gasteiger partial charge in [-0.1, -0.05) is 0 Å². The molecule has 6 nitrogen and oxygen atoms in total. The quantitative estimate of drug-likeness (QED) is 0.669. The van der Waals surface area contributed by atoms with E-state index in [4.69, 9.17) is 10.8 Å². The van der Waals surface area contributed by atoms with Crippen molar-refractivity contribution in [3.8, 4) is 0 Å². The summed E-state index contributed by atoms with van der Waals surface area (Å²) < 4.78 is 12.5. The molecule has 1 aromatic heterocycles. The second kappa shape index (κ2) is 5.17. The van der Waals surface area contributed by atoms with E-state index in [1.807, 2.05) is 0 Å². The monoisotopic (exact) mass is 227 g/mol. The summed E-state index contributed by atoms with van der Waals surface area (Å²) in [5.41, 5.74) is 5.30. The van der Waals surface area contributed by atoms with Gasteiger partial charge in [-0.3, -0.25) is 9.59 Å². The largest absolute Gasteiger partial charge is 0.481 e. The van der Waals surface area contributed by atoms with Crippen molar-refractivity contribution in [2.24, 2.45) is 5.73 Å². The molecule has 0 bridgehead atoms. The lowest BCUT2D eigenvalue weighted by Crippen LogP contribution is -2.37. The second-order valence-electron chi connectivity index (χ2n) is 3.06. The summed E-state index contributed by atoms with van der Waals surface area (Å²) in [5, 5.41) is 10.7. The molecule has 0 saturated carbocycles. The third-order valence-corrected chi connectivity index (χ3v) is 1.71. The second-order valence-corrected chi connectivity index (χ2v) is 3.06. The number of rotatable bonds is 4. The Hall–Kier alpha value is -2.02. The number of anilines is 1. The third kappa shape index (κ3) is 3.62. The molecule has 0 fully saturated rings. The van der Waals surface area contributed by atoms with Crippen molar-refractivity contribution in [1.29, 1.82) is 0 Å². The normalized spacial score (nSPS) is 11.9. The Morgan fingerprint density at radius 2 is 2.25 bits per heavy atom. The Bertz CT molecular complexity index is 393. The van der Waals surface area contributed by atoms with E-state index in [0.717, 1.165) is 12.3 Å². The number of carboxylic acid groups (broad SMARTS) is 1. The molecule has 7 heteroatoms. The summed E-state index contributed by atoms with van der Waals surface area (Å²) in [7, 11) is 0. The summed E-state index contributed by atoms with van der Waals surface area (Å²) in [6, 6.07) is 1.20. The van der Waals surface area contributed by atoms with Crippen LogP contribution < -0.4 is 11.1 Å². The zero-order chi connectivity index (χ0) is 12.1. The molecule has 16 heavy (non-hydrogen) atoms. The van der Waals surface area contributed by atoms with Crippen LogP contribution in [0.15, 0.2) is 18.3 Å². The van der Waals surface area contributed by atoms with Crippen LogP contribution >= 0.6 is 0 Å². The molecule has 1 unspecified atom stereocenters. The number of aromatic nitrogens is 1. The van der Waals surface area contributed by atoms with Crippen LogP contribution in [0.2, 0.25) is 0 Å². The van der Waals surface area contributed by atoms with Gasteiger partial charge in [0.25, 0.3) is 0 Å². The highest BCUT2D eigenvalue weighted by Crippen LogP contribution is 2.04. The van der Waals surface area contributed by atoms with Crippen LogP contribution in [0.1, 0.15) is 6.42 Å². The highest BCUT2D eigenvalue weighted by Gasteiger charge is 2.17. The average molecular weight is 227 g/mol. The van der Waals surface area contributed by atoms with Gasteiger partial charge in [0.15, 0.2) is 0 Å². The maximum Gasteiger partial charge on any atom is 0.305 e. The van der Waals surface area contributed by atoms with Gasteiger partial charge in [-0.05, 0) is 12.1 Å². The molecule has 1 amide bonds. The molecule has 1 rings (SSSR count). The number of carbonyl (C=O) groups excluding carboxylic acids is 1. The van der Waals surface area contributed by atoms with E-state index in [2.05, 4.69) is 10.3 Å². The molecule has 0 aliphatic rings. The highest BCUT2D eigenvalue weighted by atomic mass is 19.1. The molecule has 4 N–H and O–H groups in total. The minimum atomic E-state index is -1.17. The molecule has 1 aromatic rings. The van der Waals surface area contributed by atoms with E-state index in [1.54, 1.807) is 0 Å². The minimum absolute atomic E-state index is 0.118. The Balaban J connectivity index is 2.57. The predicted octanol–water partition coefficient (Wildman–Crippen LogP) is -0.0388. The fourth-order valence-electron chi connectivity index (χ4n) is 0.950. The van der Waals surface area contributed by atoms with Crippen LogP contribution in [0.4, 0.5) is 10.2 Å². The lowest BCUT2D eigenvalue weighted by atomic mass is 10.2. The van der Waals surface area contributed by atoms with Gasteiger partial charge in [-0.2, -0.15) is 0 Å². The van der Waals surface area contributed by atoms with E-state index < -0.39 is 30.2 Å². The topological polar surface area (TPSA) is 105 Å². The van der Waals surface area contributed by atoms with Gasteiger partial charge in [-0.15, -0.1) is 0 Å². The fraction of sp³-hybridized carbons (Fsp3) is 0.222. The molecular weight excluding hydrogens is 217 g/mol.